The van der Waals surface area contributed by atoms with E-state index in [0.717, 1.165) is 5.56 Å². The zero-order valence-corrected chi connectivity index (χ0v) is 16.9. The molecular weight excluding hydrogens is 384 g/mol. The second kappa shape index (κ2) is 7.67. The first-order valence-electron chi connectivity index (χ1n) is 9.36. The summed E-state index contributed by atoms with van der Waals surface area (Å²) < 4.78 is 0. The van der Waals surface area contributed by atoms with Gasteiger partial charge < -0.3 is 5.32 Å². The van der Waals surface area contributed by atoms with Gasteiger partial charge in [-0.15, -0.1) is 0 Å². The fourth-order valence-electron chi connectivity index (χ4n) is 4.05. The SMILES string of the molecule is CC1=NC(=S)NC(=O)C1[C@@H](c1ccccc1)[C@@H]1C(=O)N(c2ccccc2)N=C1C. The second-order valence-electron chi connectivity index (χ2n) is 7.17. The van der Waals surface area contributed by atoms with Gasteiger partial charge in [-0.05, 0) is 43.8 Å². The van der Waals surface area contributed by atoms with Crippen molar-refractivity contribution in [2.45, 2.75) is 19.8 Å². The van der Waals surface area contributed by atoms with E-state index in [1.54, 1.807) is 6.92 Å². The van der Waals surface area contributed by atoms with Gasteiger partial charge in [-0.2, -0.15) is 5.10 Å². The molecule has 3 atom stereocenters. The number of nitrogens with zero attached hydrogens (tertiary/aromatic N) is 3. The van der Waals surface area contributed by atoms with Crippen LogP contribution in [0, 0.1) is 11.8 Å². The van der Waals surface area contributed by atoms with Crippen LogP contribution in [0.25, 0.3) is 0 Å². The lowest BCUT2D eigenvalue weighted by atomic mass is 9.72. The number of rotatable bonds is 4. The zero-order valence-electron chi connectivity index (χ0n) is 16.1. The lowest BCUT2D eigenvalue weighted by Gasteiger charge is -2.32. The van der Waals surface area contributed by atoms with Gasteiger partial charge in [-0.1, -0.05) is 48.5 Å². The maximum Gasteiger partial charge on any atom is 0.256 e. The highest BCUT2D eigenvalue weighted by molar-refractivity contribution is 7.80. The van der Waals surface area contributed by atoms with Gasteiger partial charge in [0.25, 0.3) is 5.91 Å². The molecule has 4 rings (SSSR count). The summed E-state index contributed by atoms with van der Waals surface area (Å²) in [6.45, 7) is 3.62. The van der Waals surface area contributed by atoms with Crippen LogP contribution in [0.15, 0.2) is 70.8 Å². The van der Waals surface area contributed by atoms with Crippen LogP contribution in [-0.4, -0.2) is 28.4 Å². The molecule has 0 aromatic heterocycles. The van der Waals surface area contributed by atoms with Crippen molar-refractivity contribution >= 4 is 46.3 Å². The van der Waals surface area contributed by atoms with E-state index >= 15 is 0 Å². The van der Waals surface area contributed by atoms with E-state index in [0.29, 0.717) is 17.1 Å². The molecule has 0 fully saturated rings. The normalized spacial score (nSPS) is 22.8. The number of hydrogen-bond acceptors (Lipinski definition) is 4. The monoisotopic (exact) mass is 404 g/mol. The number of carbonyl (C=O) groups is 2. The average Bonchev–Trinajstić information content (AvgIpc) is 3.00. The number of hydrazone groups is 1. The van der Waals surface area contributed by atoms with E-state index in [1.165, 1.54) is 5.01 Å². The number of carbonyl (C=O) groups excluding carboxylic acids is 2. The number of para-hydroxylation sites is 1. The van der Waals surface area contributed by atoms with Gasteiger partial charge in [-0.25, -0.2) is 10.0 Å². The number of amides is 2. The van der Waals surface area contributed by atoms with Crippen LogP contribution in [0.2, 0.25) is 0 Å². The van der Waals surface area contributed by atoms with Gasteiger partial charge in [0.05, 0.1) is 17.5 Å². The molecule has 1 N–H and O–H groups in total. The third-order valence-electron chi connectivity index (χ3n) is 5.33. The molecule has 7 heteroatoms. The van der Waals surface area contributed by atoms with E-state index < -0.39 is 17.8 Å². The molecule has 2 aromatic carbocycles. The highest BCUT2D eigenvalue weighted by atomic mass is 32.1. The minimum atomic E-state index is -0.612. The molecule has 0 saturated heterocycles. The van der Waals surface area contributed by atoms with Crippen LogP contribution in [-0.2, 0) is 9.59 Å². The topological polar surface area (TPSA) is 74.1 Å². The van der Waals surface area contributed by atoms with Crippen molar-refractivity contribution in [2.24, 2.45) is 21.9 Å². The van der Waals surface area contributed by atoms with E-state index in [2.05, 4.69) is 15.4 Å². The highest BCUT2D eigenvalue weighted by Gasteiger charge is 2.47. The molecule has 0 bridgehead atoms. The van der Waals surface area contributed by atoms with Gasteiger partial charge in [0.1, 0.15) is 0 Å². The fraction of sp³-hybridized carbons (Fsp3) is 0.227. The lowest BCUT2D eigenvalue weighted by Crippen LogP contribution is -2.48. The van der Waals surface area contributed by atoms with Crippen molar-refractivity contribution in [3.05, 3.63) is 66.2 Å². The Hall–Kier alpha value is -3.19. The predicted octanol–water partition coefficient (Wildman–Crippen LogP) is 3.30. The average molecular weight is 404 g/mol. The molecule has 0 aliphatic carbocycles. The van der Waals surface area contributed by atoms with Gasteiger partial charge in [0.15, 0.2) is 5.11 Å². The van der Waals surface area contributed by atoms with Gasteiger partial charge in [-0.3, -0.25) is 9.59 Å². The fourth-order valence-corrected chi connectivity index (χ4v) is 4.30. The van der Waals surface area contributed by atoms with E-state index in [4.69, 9.17) is 12.2 Å². The molecule has 6 nitrogen and oxygen atoms in total. The molecule has 2 aliphatic heterocycles. The quantitative estimate of drug-likeness (QED) is 0.795. The summed E-state index contributed by atoms with van der Waals surface area (Å²) >= 11 is 5.06. The number of hydrogen-bond donors (Lipinski definition) is 1. The molecule has 0 radical (unpaired) electrons. The highest BCUT2D eigenvalue weighted by Crippen LogP contribution is 2.40. The van der Waals surface area contributed by atoms with Crippen LogP contribution in [0.4, 0.5) is 5.69 Å². The lowest BCUT2D eigenvalue weighted by molar-refractivity contribution is -0.124. The minimum Gasteiger partial charge on any atom is -0.301 e. The molecule has 2 heterocycles. The summed E-state index contributed by atoms with van der Waals surface area (Å²) in [5.74, 6) is -2.02. The Balaban J connectivity index is 1.80. The first kappa shape index (κ1) is 19.1. The largest absolute Gasteiger partial charge is 0.301 e. The van der Waals surface area contributed by atoms with Gasteiger partial charge in [0.2, 0.25) is 5.91 Å². The zero-order chi connectivity index (χ0) is 20.5. The Morgan fingerprint density at radius 1 is 0.931 bits per heavy atom. The van der Waals surface area contributed by atoms with Crippen molar-refractivity contribution in [3.63, 3.8) is 0 Å². The van der Waals surface area contributed by atoms with Crippen molar-refractivity contribution < 1.29 is 9.59 Å². The Bertz CT molecular complexity index is 1030. The summed E-state index contributed by atoms with van der Waals surface area (Å²) in [5, 5.41) is 8.76. The number of nitrogens with one attached hydrogen (secondary N) is 1. The van der Waals surface area contributed by atoms with Crippen molar-refractivity contribution in [1.29, 1.82) is 0 Å². The molecular formula is C22H20N4O2S. The molecule has 2 amide bonds. The summed E-state index contributed by atoms with van der Waals surface area (Å²) in [7, 11) is 0. The Labute approximate surface area is 174 Å². The maximum atomic E-state index is 13.5. The molecule has 1 unspecified atom stereocenters. The standard InChI is InChI=1S/C22H20N4O2S/c1-13-17(20(27)24-22(29)23-13)19(15-9-5-3-6-10-15)18-14(2)25-26(21(18)28)16-11-7-4-8-12-16/h3-12,17-19H,1-2H3,(H,24,27,29)/t17?,18-,19-/m1/s1. The number of benzene rings is 2. The summed E-state index contributed by atoms with van der Waals surface area (Å²) in [6, 6.07) is 18.9. The predicted molar refractivity (Wildman–Crippen MR) is 117 cm³/mol. The minimum absolute atomic E-state index is 0.156. The molecule has 2 aromatic rings. The molecule has 2 aliphatic rings. The van der Waals surface area contributed by atoms with Crippen LogP contribution in [0.5, 0.6) is 0 Å². The summed E-state index contributed by atoms with van der Waals surface area (Å²) in [4.78, 5) is 30.7. The summed E-state index contributed by atoms with van der Waals surface area (Å²) in [6.07, 6.45) is 0. The van der Waals surface area contributed by atoms with Gasteiger partial charge in [0, 0.05) is 17.3 Å². The van der Waals surface area contributed by atoms with Crippen LogP contribution in [0.3, 0.4) is 0 Å². The molecule has 29 heavy (non-hydrogen) atoms. The second-order valence-corrected chi connectivity index (χ2v) is 7.55. The van der Waals surface area contributed by atoms with Crippen molar-refractivity contribution in [3.8, 4) is 0 Å². The molecule has 0 saturated carbocycles. The van der Waals surface area contributed by atoms with Crippen LogP contribution >= 0.6 is 12.2 Å². The summed E-state index contributed by atoms with van der Waals surface area (Å²) in [5.41, 5.74) is 2.86. The third-order valence-corrected chi connectivity index (χ3v) is 5.52. The Morgan fingerprint density at radius 2 is 1.55 bits per heavy atom. The molecule has 146 valence electrons. The number of thiocarbonyl (C=S) groups is 1. The van der Waals surface area contributed by atoms with E-state index in [1.807, 2.05) is 67.6 Å². The number of aliphatic imine (C=N–C) groups is 1. The van der Waals surface area contributed by atoms with E-state index in [9.17, 15) is 9.59 Å². The third kappa shape index (κ3) is 3.49. The smallest absolute Gasteiger partial charge is 0.256 e. The van der Waals surface area contributed by atoms with Gasteiger partial charge >= 0.3 is 0 Å². The van der Waals surface area contributed by atoms with E-state index in [-0.39, 0.29) is 16.9 Å². The van der Waals surface area contributed by atoms with Crippen LogP contribution in [0.1, 0.15) is 25.3 Å². The first-order chi connectivity index (χ1) is 14.0. The number of anilines is 1. The van der Waals surface area contributed by atoms with Crippen molar-refractivity contribution in [1.82, 2.24) is 5.32 Å². The Kier molecular flexibility index (Phi) is 5.07. The molecule has 0 spiro atoms. The maximum absolute atomic E-state index is 13.5. The van der Waals surface area contributed by atoms with Crippen molar-refractivity contribution in [2.75, 3.05) is 5.01 Å². The Morgan fingerprint density at radius 3 is 2.17 bits per heavy atom. The first-order valence-corrected chi connectivity index (χ1v) is 9.77. The van der Waals surface area contributed by atoms with Crippen LogP contribution < -0.4 is 10.3 Å².